The number of hydrogen-bond donors (Lipinski definition) is 3. The Morgan fingerprint density at radius 3 is 2.39 bits per heavy atom. The summed E-state index contributed by atoms with van der Waals surface area (Å²) in [5.74, 6) is -2.53. The summed E-state index contributed by atoms with van der Waals surface area (Å²) in [5, 5.41) is 15.2. The Balaban J connectivity index is 1.23. The van der Waals surface area contributed by atoms with Crippen LogP contribution in [0.25, 0.3) is 0 Å². The Morgan fingerprint density at radius 1 is 0.980 bits per heavy atom. The molecule has 0 saturated heterocycles. The first-order valence-corrected chi connectivity index (χ1v) is 16.7. The lowest BCUT2D eigenvalue weighted by atomic mass is 10.0. The largest absolute Gasteiger partial charge is 0.494 e. The number of amides is 2. The second-order valence-electron chi connectivity index (χ2n) is 11.7. The third-order valence-corrected chi connectivity index (χ3v) is 8.23. The fourth-order valence-corrected chi connectivity index (χ4v) is 5.29. The molecule has 2 amide bonds. The van der Waals surface area contributed by atoms with Crippen molar-refractivity contribution in [3.63, 3.8) is 0 Å². The molecule has 0 aliphatic heterocycles. The van der Waals surface area contributed by atoms with Crippen LogP contribution in [0.5, 0.6) is 5.75 Å². The van der Waals surface area contributed by atoms with Gasteiger partial charge in [-0.1, -0.05) is 62.4 Å². The maximum absolute atomic E-state index is 13.5. The monoisotopic (exact) mass is 690 g/mol. The Hall–Kier alpha value is -4.96. The van der Waals surface area contributed by atoms with Crippen molar-refractivity contribution in [1.29, 1.82) is 0 Å². The van der Waals surface area contributed by atoms with E-state index in [1.165, 1.54) is 61.7 Å². The van der Waals surface area contributed by atoms with E-state index in [1.54, 1.807) is 36.4 Å². The summed E-state index contributed by atoms with van der Waals surface area (Å²) in [4.78, 5) is 49.9. The number of esters is 1. The zero-order chi connectivity index (χ0) is 35.2. The van der Waals surface area contributed by atoms with Crippen molar-refractivity contribution in [2.75, 3.05) is 11.9 Å². The Bertz CT molecular complexity index is 1670. The second kappa shape index (κ2) is 18.5. The van der Waals surface area contributed by atoms with E-state index >= 15 is 0 Å². The Morgan fingerprint density at radius 2 is 1.71 bits per heavy atom. The molecule has 0 saturated carbocycles. The molecule has 258 valence electrons. The quantitative estimate of drug-likeness (QED) is 0.0762. The van der Waals surface area contributed by atoms with Crippen LogP contribution in [0.4, 0.5) is 10.1 Å². The molecule has 1 aliphatic carbocycles. The SMILES string of the molecule is CCCCCCCOC1=CCC(C(=O)Oc2ccc(C[C@H](NC(=O)c3ccc(NC(=O)Cc4cc(F)ccc4Cl)cc3)C(=O)O)cc2)C=C1. The Kier molecular flexibility index (Phi) is 14.0. The molecule has 0 aromatic heterocycles. The molecule has 0 bridgehead atoms. The van der Waals surface area contributed by atoms with Gasteiger partial charge < -0.3 is 25.2 Å². The number of allylic oxidation sites excluding steroid dienone is 2. The van der Waals surface area contributed by atoms with E-state index in [2.05, 4.69) is 17.6 Å². The third kappa shape index (κ3) is 11.9. The van der Waals surface area contributed by atoms with Crippen LogP contribution >= 0.6 is 11.6 Å². The smallest absolute Gasteiger partial charge is 0.326 e. The highest BCUT2D eigenvalue weighted by Crippen LogP contribution is 2.22. The molecule has 0 fully saturated rings. The van der Waals surface area contributed by atoms with Crippen LogP contribution in [0, 0.1) is 11.7 Å². The molecule has 49 heavy (non-hydrogen) atoms. The first-order valence-electron chi connectivity index (χ1n) is 16.3. The lowest BCUT2D eigenvalue weighted by Gasteiger charge is -2.17. The fourth-order valence-electron chi connectivity index (χ4n) is 5.10. The van der Waals surface area contributed by atoms with Crippen molar-refractivity contribution < 1.29 is 38.1 Å². The topological polar surface area (TPSA) is 131 Å². The highest BCUT2D eigenvalue weighted by atomic mass is 35.5. The molecule has 1 aliphatic rings. The number of carbonyl (C=O) groups is 4. The number of carboxylic acids is 1. The van der Waals surface area contributed by atoms with Gasteiger partial charge in [-0.05, 0) is 90.7 Å². The molecule has 3 aromatic carbocycles. The van der Waals surface area contributed by atoms with Gasteiger partial charge in [0.25, 0.3) is 5.91 Å². The van der Waals surface area contributed by atoms with Crippen LogP contribution in [0.15, 0.2) is 90.7 Å². The summed E-state index contributed by atoms with van der Waals surface area (Å²) in [6.07, 6.45) is 11.6. The average Bonchev–Trinajstić information content (AvgIpc) is 3.09. The van der Waals surface area contributed by atoms with Gasteiger partial charge in [0.2, 0.25) is 5.91 Å². The fraction of sp³-hybridized carbons (Fsp3) is 0.316. The highest BCUT2D eigenvalue weighted by molar-refractivity contribution is 6.31. The van der Waals surface area contributed by atoms with Crippen molar-refractivity contribution in [3.05, 3.63) is 118 Å². The number of carbonyl (C=O) groups excluding carboxylic acids is 3. The highest BCUT2D eigenvalue weighted by Gasteiger charge is 2.23. The number of nitrogens with one attached hydrogen (secondary N) is 2. The number of hydrogen-bond acceptors (Lipinski definition) is 6. The van der Waals surface area contributed by atoms with Gasteiger partial charge in [0.05, 0.1) is 18.9 Å². The van der Waals surface area contributed by atoms with Crippen LogP contribution in [0.2, 0.25) is 5.02 Å². The predicted molar refractivity (Wildman–Crippen MR) is 185 cm³/mol. The van der Waals surface area contributed by atoms with Gasteiger partial charge in [0, 0.05) is 22.7 Å². The van der Waals surface area contributed by atoms with Gasteiger partial charge in [0.1, 0.15) is 23.4 Å². The van der Waals surface area contributed by atoms with Crippen LogP contribution in [0.1, 0.15) is 66.9 Å². The van der Waals surface area contributed by atoms with Gasteiger partial charge >= 0.3 is 11.9 Å². The zero-order valence-corrected chi connectivity index (χ0v) is 28.0. The van der Waals surface area contributed by atoms with E-state index in [9.17, 15) is 28.7 Å². The number of anilines is 1. The standard InChI is InChI=1S/C38H40ClFN2O7/c1-2-3-4-5-6-21-48-31-18-11-27(12-19-31)38(47)49-32-16-7-25(8-17-32)22-34(37(45)46)42-36(44)26-9-14-30(15-10-26)41-35(43)24-28-23-29(40)13-20-33(28)39/h7-11,13-20,23,27,34H,2-6,12,21-22,24H2,1H3,(H,41,43)(H,42,44)(H,45,46)/t27?,34-/m0/s1. The summed E-state index contributed by atoms with van der Waals surface area (Å²) >= 11 is 6.03. The molecule has 11 heteroatoms. The molecule has 3 N–H and O–H groups in total. The zero-order valence-electron chi connectivity index (χ0n) is 27.3. The number of rotatable bonds is 17. The first-order chi connectivity index (χ1) is 23.6. The summed E-state index contributed by atoms with van der Waals surface area (Å²) in [7, 11) is 0. The van der Waals surface area contributed by atoms with E-state index in [0.717, 1.165) is 18.6 Å². The van der Waals surface area contributed by atoms with Gasteiger partial charge in [-0.25, -0.2) is 9.18 Å². The number of benzene rings is 3. The number of ether oxygens (including phenoxy) is 2. The minimum atomic E-state index is -1.23. The lowest BCUT2D eigenvalue weighted by molar-refractivity contribution is -0.139. The maximum Gasteiger partial charge on any atom is 0.326 e. The number of aliphatic carboxylic acids is 1. The van der Waals surface area contributed by atoms with Gasteiger partial charge in [-0.2, -0.15) is 0 Å². The summed E-state index contributed by atoms with van der Waals surface area (Å²) < 4.78 is 24.8. The van der Waals surface area contributed by atoms with E-state index in [-0.39, 0.29) is 23.4 Å². The van der Waals surface area contributed by atoms with Crippen molar-refractivity contribution in [3.8, 4) is 5.75 Å². The normalized spacial score (nSPS) is 14.3. The van der Waals surface area contributed by atoms with Crippen LogP contribution in [-0.4, -0.2) is 41.5 Å². The molecule has 0 radical (unpaired) electrons. The van der Waals surface area contributed by atoms with Crippen molar-refractivity contribution in [2.24, 2.45) is 5.92 Å². The molecule has 4 rings (SSSR count). The van der Waals surface area contributed by atoms with Crippen molar-refractivity contribution >= 4 is 41.0 Å². The number of unbranched alkanes of at least 4 members (excludes halogenated alkanes) is 4. The summed E-state index contributed by atoms with van der Waals surface area (Å²) in [6, 6.07) is 14.9. The van der Waals surface area contributed by atoms with Crippen LogP contribution in [0.3, 0.4) is 0 Å². The van der Waals surface area contributed by atoms with E-state index < -0.39 is 41.5 Å². The van der Waals surface area contributed by atoms with Crippen LogP contribution < -0.4 is 15.4 Å². The first kappa shape index (κ1) is 36.9. The molecular weight excluding hydrogens is 651 g/mol. The molecule has 0 spiro atoms. The summed E-state index contributed by atoms with van der Waals surface area (Å²) in [6.45, 7) is 2.83. The molecular formula is C38H40ClFN2O7. The van der Waals surface area contributed by atoms with E-state index in [4.69, 9.17) is 21.1 Å². The molecule has 9 nitrogen and oxygen atoms in total. The number of carboxylic acid groups (broad SMARTS) is 1. The van der Waals surface area contributed by atoms with Gasteiger partial charge in [-0.3, -0.25) is 14.4 Å². The van der Waals surface area contributed by atoms with E-state index in [1.807, 2.05) is 6.08 Å². The van der Waals surface area contributed by atoms with Gasteiger partial charge in [-0.15, -0.1) is 0 Å². The van der Waals surface area contributed by atoms with Crippen molar-refractivity contribution in [1.82, 2.24) is 5.32 Å². The van der Waals surface area contributed by atoms with Crippen molar-refractivity contribution in [2.45, 2.75) is 64.3 Å². The third-order valence-electron chi connectivity index (χ3n) is 7.86. The minimum Gasteiger partial charge on any atom is -0.494 e. The van der Waals surface area contributed by atoms with E-state index in [0.29, 0.717) is 35.6 Å². The lowest BCUT2D eigenvalue weighted by Crippen LogP contribution is -2.42. The molecule has 0 heterocycles. The predicted octanol–water partition coefficient (Wildman–Crippen LogP) is 7.44. The van der Waals surface area contributed by atoms with Gasteiger partial charge in [0.15, 0.2) is 0 Å². The second-order valence-corrected chi connectivity index (χ2v) is 12.1. The molecule has 1 unspecified atom stereocenters. The summed E-state index contributed by atoms with van der Waals surface area (Å²) in [5.41, 5.74) is 1.53. The Labute approximate surface area is 290 Å². The average molecular weight is 691 g/mol. The number of halogens is 2. The maximum atomic E-state index is 13.5. The van der Waals surface area contributed by atoms with Crippen LogP contribution in [-0.2, 0) is 32.0 Å². The molecule has 2 atom stereocenters. The minimum absolute atomic E-state index is 0.0103. The molecule has 3 aromatic rings.